The Morgan fingerprint density at radius 2 is 1.92 bits per heavy atom. The molecule has 8 nitrogen and oxygen atoms in total. The molecule has 1 aliphatic heterocycles. The zero-order valence-electron chi connectivity index (χ0n) is 13.7. The van der Waals surface area contributed by atoms with Crippen LogP contribution in [0.25, 0.3) is 11.0 Å². The van der Waals surface area contributed by atoms with Gasteiger partial charge in [0.15, 0.2) is 0 Å². The predicted molar refractivity (Wildman–Crippen MR) is 89.1 cm³/mol. The van der Waals surface area contributed by atoms with Gasteiger partial charge in [-0.1, -0.05) is 6.92 Å². The summed E-state index contributed by atoms with van der Waals surface area (Å²) in [6, 6.07) is 3.84. The summed E-state index contributed by atoms with van der Waals surface area (Å²) in [5.74, 6) is -0.473. The minimum absolute atomic E-state index is 0.0461. The Balaban J connectivity index is 1.95. The van der Waals surface area contributed by atoms with Crippen molar-refractivity contribution in [3.63, 3.8) is 0 Å². The van der Waals surface area contributed by atoms with Crippen molar-refractivity contribution >= 4 is 27.0 Å². The summed E-state index contributed by atoms with van der Waals surface area (Å²) in [5.41, 5.74) is 0.872. The quantitative estimate of drug-likeness (QED) is 0.788. The topological polar surface area (TPSA) is 102 Å². The van der Waals surface area contributed by atoms with Gasteiger partial charge in [0, 0.05) is 14.1 Å². The zero-order chi connectivity index (χ0) is 17.6. The van der Waals surface area contributed by atoms with Gasteiger partial charge in [0.05, 0.1) is 22.0 Å². The Kier molecular flexibility index (Phi) is 4.00. The van der Waals surface area contributed by atoms with E-state index >= 15 is 0 Å². The molecular formula is C15H20N4O4S. The highest BCUT2D eigenvalue weighted by Crippen LogP contribution is 2.19. The first kappa shape index (κ1) is 16.7. The zero-order valence-corrected chi connectivity index (χ0v) is 14.6. The first-order valence-corrected chi connectivity index (χ1v) is 9.16. The third-order valence-electron chi connectivity index (χ3n) is 4.60. The van der Waals surface area contributed by atoms with E-state index in [4.69, 9.17) is 0 Å². The smallest absolute Gasteiger partial charge is 0.306 e. The molecule has 2 atom stereocenters. The van der Waals surface area contributed by atoms with Crippen LogP contribution in [0.5, 0.6) is 0 Å². The summed E-state index contributed by atoms with van der Waals surface area (Å²) in [6.07, 6.45) is 0.830. The Labute approximate surface area is 139 Å². The second kappa shape index (κ2) is 5.75. The van der Waals surface area contributed by atoms with Crippen LogP contribution in [0.15, 0.2) is 27.9 Å². The van der Waals surface area contributed by atoms with E-state index in [1.807, 2.05) is 6.92 Å². The number of imidazole rings is 1. The number of hydrogen-bond donors (Lipinski definition) is 2. The highest BCUT2D eigenvalue weighted by atomic mass is 32.2. The number of nitrogens with one attached hydrogen (secondary N) is 2. The molecule has 2 N–H and O–H groups in total. The summed E-state index contributed by atoms with van der Waals surface area (Å²) < 4.78 is 29.9. The number of carbonyl (C=O) groups excluding carboxylic acids is 1. The van der Waals surface area contributed by atoms with Gasteiger partial charge in [0.25, 0.3) is 15.9 Å². The molecule has 0 aliphatic carbocycles. The van der Waals surface area contributed by atoms with Gasteiger partial charge in [-0.05, 0) is 37.1 Å². The lowest BCUT2D eigenvalue weighted by atomic mass is 10.0. The molecule has 9 heteroatoms. The van der Waals surface area contributed by atoms with Crippen molar-refractivity contribution in [1.82, 2.24) is 19.2 Å². The van der Waals surface area contributed by atoms with Crippen molar-refractivity contribution in [3.05, 3.63) is 28.7 Å². The van der Waals surface area contributed by atoms with Crippen molar-refractivity contribution in [2.75, 3.05) is 6.54 Å². The Hall–Kier alpha value is -2.13. The third-order valence-corrected chi connectivity index (χ3v) is 5.95. The molecule has 1 aromatic carbocycles. The first-order valence-electron chi connectivity index (χ1n) is 7.68. The molecule has 0 saturated carbocycles. The fourth-order valence-electron chi connectivity index (χ4n) is 3.09. The molecule has 1 amide bonds. The Bertz CT molecular complexity index is 973. The van der Waals surface area contributed by atoms with Crippen LogP contribution >= 0.6 is 0 Å². The van der Waals surface area contributed by atoms with Crippen LogP contribution in [0.3, 0.4) is 0 Å². The van der Waals surface area contributed by atoms with Crippen LogP contribution in [0.1, 0.15) is 13.3 Å². The van der Waals surface area contributed by atoms with E-state index in [-0.39, 0.29) is 16.5 Å². The highest BCUT2D eigenvalue weighted by Gasteiger charge is 2.32. The van der Waals surface area contributed by atoms with E-state index in [2.05, 4.69) is 10.0 Å². The van der Waals surface area contributed by atoms with E-state index in [0.717, 1.165) is 6.42 Å². The highest BCUT2D eigenvalue weighted by molar-refractivity contribution is 7.90. The van der Waals surface area contributed by atoms with Gasteiger partial charge in [0.2, 0.25) is 0 Å². The summed E-state index contributed by atoms with van der Waals surface area (Å²) in [5, 5.41) is 3.00. The largest absolute Gasteiger partial charge is 0.328 e. The molecule has 1 fully saturated rings. The monoisotopic (exact) mass is 352 g/mol. The second-order valence-electron chi connectivity index (χ2n) is 6.22. The van der Waals surface area contributed by atoms with Crippen LogP contribution < -0.4 is 15.7 Å². The molecule has 1 saturated heterocycles. The number of aromatic nitrogens is 2. The predicted octanol–water partition coefficient (Wildman–Crippen LogP) is -0.320. The maximum atomic E-state index is 12.5. The van der Waals surface area contributed by atoms with Gasteiger partial charge >= 0.3 is 5.69 Å². The summed E-state index contributed by atoms with van der Waals surface area (Å²) in [6.45, 7) is 2.60. The molecule has 3 rings (SSSR count). The lowest BCUT2D eigenvalue weighted by Gasteiger charge is -2.15. The fourth-order valence-corrected chi connectivity index (χ4v) is 4.12. The number of rotatable bonds is 3. The van der Waals surface area contributed by atoms with Crippen molar-refractivity contribution in [1.29, 1.82) is 0 Å². The van der Waals surface area contributed by atoms with Gasteiger partial charge in [-0.2, -0.15) is 0 Å². The summed E-state index contributed by atoms with van der Waals surface area (Å²) >= 11 is 0. The molecule has 2 unspecified atom stereocenters. The van der Waals surface area contributed by atoms with Crippen molar-refractivity contribution in [3.8, 4) is 0 Å². The van der Waals surface area contributed by atoms with E-state index in [9.17, 15) is 18.0 Å². The molecule has 0 bridgehead atoms. The SMILES string of the molecule is CC1CCNC1C(=O)NS(=O)(=O)c1ccc2c(c1)n(C)c(=O)n2C. The molecular weight excluding hydrogens is 332 g/mol. The van der Waals surface area contributed by atoms with Crippen LogP contribution in [0, 0.1) is 5.92 Å². The molecule has 24 heavy (non-hydrogen) atoms. The maximum Gasteiger partial charge on any atom is 0.328 e. The second-order valence-corrected chi connectivity index (χ2v) is 7.90. The standard InChI is InChI=1S/C15H20N4O4S/c1-9-6-7-16-13(9)14(20)17-24(22,23)10-4-5-11-12(8-10)19(3)15(21)18(11)2/h4-5,8-9,13,16H,6-7H2,1-3H3,(H,17,20). The molecule has 130 valence electrons. The number of benzene rings is 1. The average Bonchev–Trinajstić information content (AvgIpc) is 3.05. The van der Waals surface area contributed by atoms with Gasteiger partial charge in [-0.25, -0.2) is 17.9 Å². The third kappa shape index (κ3) is 2.63. The van der Waals surface area contributed by atoms with Crippen molar-refractivity contribution in [2.45, 2.75) is 24.3 Å². The molecule has 0 radical (unpaired) electrons. The summed E-state index contributed by atoms with van der Waals surface area (Å²) in [4.78, 5) is 24.1. The maximum absolute atomic E-state index is 12.5. The number of amides is 1. The number of aryl methyl sites for hydroxylation is 2. The normalized spacial score (nSPS) is 21.3. The van der Waals surface area contributed by atoms with Gasteiger partial charge < -0.3 is 5.32 Å². The van der Waals surface area contributed by atoms with E-state index < -0.39 is 22.0 Å². The van der Waals surface area contributed by atoms with Gasteiger partial charge in [-0.3, -0.25) is 13.9 Å². The number of nitrogens with zero attached hydrogens (tertiary/aromatic N) is 2. The Morgan fingerprint density at radius 3 is 2.54 bits per heavy atom. The minimum Gasteiger partial charge on any atom is -0.306 e. The number of carbonyl (C=O) groups is 1. The Morgan fingerprint density at radius 1 is 1.25 bits per heavy atom. The summed E-state index contributed by atoms with van der Waals surface area (Å²) in [7, 11) is -0.804. The molecule has 2 aromatic rings. The van der Waals surface area contributed by atoms with Crippen molar-refractivity contribution < 1.29 is 13.2 Å². The molecule has 1 aromatic heterocycles. The fraction of sp³-hybridized carbons (Fsp3) is 0.467. The number of sulfonamides is 1. The van der Waals surface area contributed by atoms with Crippen LogP contribution in [-0.2, 0) is 28.9 Å². The lowest BCUT2D eigenvalue weighted by molar-refractivity contribution is -0.121. The minimum atomic E-state index is -4.00. The lowest BCUT2D eigenvalue weighted by Crippen LogP contribution is -2.45. The van der Waals surface area contributed by atoms with E-state index in [1.165, 1.54) is 21.3 Å². The molecule has 2 heterocycles. The van der Waals surface area contributed by atoms with Crippen LogP contribution in [0.2, 0.25) is 0 Å². The van der Waals surface area contributed by atoms with Crippen molar-refractivity contribution in [2.24, 2.45) is 20.0 Å². The molecule has 0 spiro atoms. The first-order chi connectivity index (χ1) is 11.2. The van der Waals surface area contributed by atoms with Gasteiger partial charge in [0.1, 0.15) is 0 Å². The van der Waals surface area contributed by atoms with E-state index in [1.54, 1.807) is 20.2 Å². The van der Waals surface area contributed by atoms with Gasteiger partial charge in [-0.15, -0.1) is 0 Å². The van der Waals surface area contributed by atoms with Crippen LogP contribution in [0.4, 0.5) is 0 Å². The number of fused-ring (bicyclic) bond motifs is 1. The average molecular weight is 352 g/mol. The number of hydrogen-bond acceptors (Lipinski definition) is 5. The molecule has 1 aliphatic rings. The van der Waals surface area contributed by atoms with Crippen LogP contribution in [-0.4, -0.2) is 36.0 Å². The van der Waals surface area contributed by atoms with E-state index in [0.29, 0.717) is 17.6 Å².